The van der Waals surface area contributed by atoms with Crippen molar-refractivity contribution in [3.8, 4) is 6.07 Å². The molecule has 2 amide bonds. The highest BCUT2D eigenvalue weighted by Crippen LogP contribution is 2.21. The number of hydrogen-bond donors (Lipinski definition) is 1. The molecule has 15 heavy (non-hydrogen) atoms. The van der Waals surface area contributed by atoms with Gasteiger partial charge in [-0.1, -0.05) is 13.3 Å². The van der Waals surface area contributed by atoms with Crippen molar-refractivity contribution < 1.29 is 9.59 Å². The number of likely N-dealkylation sites (tertiary alicyclic amines) is 1. The number of amides is 2. The Labute approximate surface area is 88.8 Å². The van der Waals surface area contributed by atoms with Gasteiger partial charge >= 0.3 is 0 Å². The maximum absolute atomic E-state index is 11.8. The molecule has 5 heteroatoms. The lowest BCUT2D eigenvalue weighted by Crippen LogP contribution is -2.58. The number of nitriles is 1. The third kappa shape index (κ3) is 2.27. The van der Waals surface area contributed by atoms with Crippen molar-refractivity contribution in [3.63, 3.8) is 0 Å². The first kappa shape index (κ1) is 11.5. The Bertz CT molecular complexity index is 308. The van der Waals surface area contributed by atoms with Crippen LogP contribution in [0.4, 0.5) is 0 Å². The fraction of sp³-hybridized carbons (Fsp3) is 0.700. The van der Waals surface area contributed by atoms with Gasteiger partial charge in [0.2, 0.25) is 11.8 Å². The van der Waals surface area contributed by atoms with E-state index in [9.17, 15) is 9.59 Å². The molecule has 0 radical (unpaired) electrons. The smallest absolute Gasteiger partial charge is 0.240 e. The Morgan fingerprint density at radius 2 is 2.33 bits per heavy atom. The van der Waals surface area contributed by atoms with Crippen molar-refractivity contribution in [2.75, 3.05) is 6.54 Å². The summed E-state index contributed by atoms with van der Waals surface area (Å²) in [5.74, 6) is -1.37. The Hall–Kier alpha value is -1.57. The molecule has 2 unspecified atom stereocenters. The van der Waals surface area contributed by atoms with E-state index in [1.54, 1.807) is 0 Å². The van der Waals surface area contributed by atoms with Gasteiger partial charge in [-0.05, 0) is 12.8 Å². The highest BCUT2D eigenvalue weighted by atomic mass is 16.2. The van der Waals surface area contributed by atoms with Gasteiger partial charge in [0, 0.05) is 6.54 Å². The van der Waals surface area contributed by atoms with Crippen LogP contribution in [0.5, 0.6) is 0 Å². The van der Waals surface area contributed by atoms with Crippen LogP contribution in [-0.4, -0.2) is 29.3 Å². The molecule has 1 aliphatic rings. The first-order valence-corrected chi connectivity index (χ1v) is 5.11. The van der Waals surface area contributed by atoms with Crippen LogP contribution < -0.4 is 5.73 Å². The molecule has 0 aromatic carbocycles. The molecule has 0 saturated carbocycles. The quantitative estimate of drug-likeness (QED) is 0.707. The molecule has 1 rings (SSSR count). The standard InChI is InChI=1S/C10H15N3O2/c1-2-3-7(6-11)10(15)13-5-4-8(13)9(12)14/h7-8H,2-5H2,1H3,(H2,12,14). The van der Waals surface area contributed by atoms with Crippen LogP contribution in [0.1, 0.15) is 26.2 Å². The summed E-state index contributed by atoms with van der Waals surface area (Å²) in [6, 6.07) is 1.47. The van der Waals surface area contributed by atoms with Crippen molar-refractivity contribution in [3.05, 3.63) is 0 Å². The van der Waals surface area contributed by atoms with E-state index in [-0.39, 0.29) is 5.91 Å². The van der Waals surface area contributed by atoms with E-state index in [4.69, 9.17) is 11.0 Å². The molecule has 2 atom stereocenters. The number of hydrogen-bond acceptors (Lipinski definition) is 3. The summed E-state index contributed by atoms with van der Waals surface area (Å²) < 4.78 is 0. The summed E-state index contributed by atoms with van der Waals surface area (Å²) >= 11 is 0. The molecule has 1 aliphatic heterocycles. The van der Waals surface area contributed by atoms with Gasteiger partial charge in [0.25, 0.3) is 0 Å². The lowest BCUT2D eigenvalue weighted by Gasteiger charge is -2.39. The number of primary amides is 1. The molecule has 1 heterocycles. The van der Waals surface area contributed by atoms with E-state index in [0.29, 0.717) is 19.4 Å². The molecule has 0 spiro atoms. The van der Waals surface area contributed by atoms with Crippen LogP contribution in [0.15, 0.2) is 0 Å². The molecule has 2 N–H and O–H groups in total. The monoisotopic (exact) mass is 209 g/mol. The van der Waals surface area contributed by atoms with E-state index >= 15 is 0 Å². The zero-order valence-corrected chi connectivity index (χ0v) is 8.77. The highest BCUT2D eigenvalue weighted by molar-refractivity contribution is 5.90. The van der Waals surface area contributed by atoms with E-state index in [1.807, 2.05) is 13.0 Å². The molecule has 0 aliphatic carbocycles. The van der Waals surface area contributed by atoms with Crippen molar-refractivity contribution in [1.29, 1.82) is 5.26 Å². The van der Waals surface area contributed by atoms with Crippen molar-refractivity contribution in [2.45, 2.75) is 32.2 Å². The van der Waals surface area contributed by atoms with Crippen LogP contribution in [0.2, 0.25) is 0 Å². The molecular formula is C10H15N3O2. The third-order valence-corrected chi connectivity index (χ3v) is 2.66. The Balaban J connectivity index is 2.60. The van der Waals surface area contributed by atoms with Gasteiger partial charge in [0.1, 0.15) is 12.0 Å². The second kappa shape index (κ2) is 4.78. The van der Waals surface area contributed by atoms with E-state index in [0.717, 1.165) is 6.42 Å². The largest absolute Gasteiger partial charge is 0.368 e. The van der Waals surface area contributed by atoms with Crippen LogP contribution in [0.25, 0.3) is 0 Å². The molecular weight excluding hydrogens is 194 g/mol. The second-order valence-corrected chi connectivity index (χ2v) is 3.71. The van der Waals surface area contributed by atoms with E-state index in [1.165, 1.54) is 4.90 Å². The van der Waals surface area contributed by atoms with Crippen LogP contribution in [0.3, 0.4) is 0 Å². The number of rotatable bonds is 4. The maximum atomic E-state index is 11.8. The lowest BCUT2D eigenvalue weighted by molar-refractivity contribution is -0.148. The molecule has 82 valence electrons. The van der Waals surface area contributed by atoms with E-state index < -0.39 is 17.9 Å². The highest BCUT2D eigenvalue weighted by Gasteiger charge is 2.38. The zero-order valence-electron chi connectivity index (χ0n) is 8.77. The van der Waals surface area contributed by atoms with Crippen LogP contribution in [-0.2, 0) is 9.59 Å². The first-order valence-electron chi connectivity index (χ1n) is 5.11. The zero-order chi connectivity index (χ0) is 11.4. The molecule has 0 aromatic heterocycles. The van der Waals surface area contributed by atoms with Gasteiger partial charge in [0.15, 0.2) is 0 Å². The second-order valence-electron chi connectivity index (χ2n) is 3.71. The summed E-state index contributed by atoms with van der Waals surface area (Å²) in [6.07, 6.45) is 1.93. The maximum Gasteiger partial charge on any atom is 0.240 e. The number of nitrogens with zero attached hydrogens (tertiary/aromatic N) is 2. The molecule has 0 aromatic rings. The Morgan fingerprint density at radius 3 is 2.67 bits per heavy atom. The van der Waals surface area contributed by atoms with Gasteiger partial charge in [-0.15, -0.1) is 0 Å². The predicted molar refractivity (Wildman–Crippen MR) is 53.3 cm³/mol. The van der Waals surface area contributed by atoms with Crippen LogP contribution in [0, 0.1) is 17.2 Å². The van der Waals surface area contributed by atoms with Gasteiger partial charge in [-0.2, -0.15) is 5.26 Å². The minimum Gasteiger partial charge on any atom is -0.368 e. The van der Waals surface area contributed by atoms with Gasteiger partial charge in [0.05, 0.1) is 6.07 Å². The van der Waals surface area contributed by atoms with Crippen LogP contribution >= 0.6 is 0 Å². The van der Waals surface area contributed by atoms with Gasteiger partial charge in [-0.25, -0.2) is 0 Å². The van der Waals surface area contributed by atoms with Gasteiger partial charge < -0.3 is 10.6 Å². The first-order chi connectivity index (χ1) is 7.11. The normalized spacial score (nSPS) is 21.3. The lowest BCUT2D eigenvalue weighted by atomic mass is 9.96. The van der Waals surface area contributed by atoms with Crippen molar-refractivity contribution in [2.24, 2.45) is 11.7 Å². The van der Waals surface area contributed by atoms with Gasteiger partial charge in [-0.3, -0.25) is 9.59 Å². The average molecular weight is 209 g/mol. The molecule has 1 fully saturated rings. The topological polar surface area (TPSA) is 87.2 Å². The fourth-order valence-electron chi connectivity index (χ4n) is 1.68. The molecule has 5 nitrogen and oxygen atoms in total. The Morgan fingerprint density at radius 1 is 1.67 bits per heavy atom. The predicted octanol–water partition coefficient (Wildman–Crippen LogP) is 0.0125. The minimum atomic E-state index is -0.628. The summed E-state index contributed by atoms with van der Waals surface area (Å²) in [6.45, 7) is 2.45. The fourth-order valence-corrected chi connectivity index (χ4v) is 1.68. The molecule has 1 saturated heterocycles. The third-order valence-electron chi connectivity index (χ3n) is 2.66. The van der Waals surface area contributed by atoms with Crippen molar-refractivity contribution in [1.82, 2.24) is 4.90 Å². The average Bonchev–Trinajstić information content (AvgIpc) is 2.11. The van der Waals surface area contributed by atoms with Crippen molar-refractivity contribution >= 4 is 11.8 Å². The summed E-state index contributed by atoms with van der Waals surface area (Å²) in [4.78, 5) is 24.1. The number of nitrogens with two attached hydrogens (primary N) is 1. The number of carbonyl (C=O) groups excluding carboxylic acids is 2. The number of carbonyl (C=O) groups is 2. The minimum absolute atomic E-state index is 0.255. The SMILES string of the molecule is CCCC(C#N)C(=O)N1CCC1C(N)=O. The Kier molecular flexibility index (Phi) is 3.67. The summed E-state index contributed by atoms with van der Waals surface area (Å²) in [7, 11) is 0. The van der Waals surface area contributed by atoms with E-state index in [2.05, 4.69) is 0 Å². The molecule has 0 bridgehead atoms. The summed E-state index contributed by atoms with van der Waals surface area (Å²) in [5.41, 5.74) is 5.13. The summed E-state index contributed by atoms with van der Waals surface area (Å²) in [5, 5.41) is 8.81.